The molecular weight excluding hydrogens is 454 g/mol. The second-order valence-electron chi connectivity index (χ2n) is 9.21. The molecule has 1 saturated carbocycles. The van der Waals surface area contributed by atoms with E-state index in [0.717, 1.165) is 50.0 Å². The maximum atomic E-state index is 12.7. The first-order chi connectivity index (χ1) is 16.6. The highest BCUT2D eigenvalue weighted by atomic mass is 32.2. The van der Waals surface area contributed by atoms with Crippen molar-refractivity contribution in [3.8, 4) is 11.4 Å². The molecule has 2 N–H and O–H groups in total. The van der Waals surface area contributed by atoms with E-state index >= 15 is 0 Å². The average molecular weight is 480 g/mol. The van der Waals surface area contributed by atoms with E-state index in [1.807, 2.05) is 12.1 Å². The Bertz CT molecular complexity index is 1270. The van der Waals surface area contributed by atoms with E-state index in [2.05, 4.69) is 20.0 Å². The fraction of sp³-hybridized carbons (Fsp3) is 0.478. The Kier molecular flexibility index (Phi) is 5.25. The lowest BCUT2D eigenvalue weighted by Crippen LogP contribution is -2.35. The monoisotopic (exact) mass is 479 g/mol. The Morgan fingerprint density at radius 3 is 2.68 bits per heavy atom. The Balaban J connectivity index is 1.22. The molecule has 0 spiro atoms. The van der Waals surface area contributed by atoms with Crippen LogP contribution in [0.3, 0.4) is 0 Å². The Morgan fingerprint density at radius 1 is 1.21 bits per heavy atom. The molecular formula is C23H25N7O3S. The molecule has 176 valence electrons. The van der Waals surface area contributed by atoms with Crippen LogP contribution in [0.2, 0.25) is 0 Å². The van der Waals surface area contributed by atoms with Crippen molar-refractivity contribution in [1.29, 1.82) is 5.41 Å². The van der Waals surface area contributed by atoms with Crippen molar-refractivity contribution >= 4 is 22.5 Å². The first-order valence-corrected chi connectivity index (χ1v) is 12.9. The van der Waals surface area contributed by atoms with Gasteiger partial charge in [-0.1, -0.05) is 5.16 Å². The predicted molar refractivity (Wildman–Crippen MR) is 124 cm³/mol. The summed E-state index contributed by atoms with van der Waals surface area (Å²) in [7, 11) is -1.19. The van der Waals surface area contributed by atoms with Crippen LogP contribution in [0, 0.1) is 10.8 Å². The van der Waals surface area contributed by atoms with Gasteiger partial charge < -0.3 is 19.9 Å². The van der Waals surface area contributed by atoms with E-state index in [9.17, 15) is 9.32 Å². The van der Waals surface area contributed by atoms with Gasteiger partial charge in [-0.3, -0.25) is 9.19 Å². The van der Waals surface area contributed by atoms with Crippen molar-refractivity contribution < 1.29 is 13.8 Å². The number of anilines is 1. The zero-order chi connectivity index (χ0) is 23.3. The van der Waals surface area contributed by atoms with Crippen molar-refractivity contribution in [3.05, 3.63) is 41.8 Å². The van der Waals surface area contributed by atoms with Gasteiger partial charge >= 0.3 is 0 Å². The van der Waals surface area contributed by atoms with Crippen LogP contribution in [0.4, 0.5) is 5.95 Å². The summed E-state index contributed by atoms with van der Waals surface area (Å²) in [5.41, 5.74) is 1.87. The van der Waals surface area contributed by atoms with E-state index in [-0.39, 0.29) is 12.5 Å². The third-order valence-electron chi connectivity index (χ3n) is 7.11. The van der Waals surface area contributed by atoms with Gasteiger partial charge in [0.2, 0.25) is 17.7 Å². The molecule has 0 bridgehead atoms. The minimum atomic E-state index is -1.19. The van der Waals surface area contributed by atoms with Crippen LogP contribution < -0.4 is 4.90 Å². The number of fused-ring (bicyclic) bond motifs is 1. The summed E-state index contributed by atoms with van der Waals surface area (Å²) in [6.07, 6.45) is 7.20. The second kappa shape index (κ2) is 8.31. The van der Waals surface area contributed by atoms with Gasteiger partial charge in [-0.25, -0.2) is 9.97 Å². The van der Waals surface area contributed by atoms with Crippen LogP contribution in [0.15, 0.2) is 33.9 Å². The van der Waals surface area contributed by atoms with Gasteiger partial charge in [-0.15, -0.1) is 0 Å². The molecule has 1 aliphatic carbocycles. The summed E-state index contributed by atoms with van der Waals surface area (Å²) in [6, 6.07) is 3.71. The molecule has 6 rings (SSSR count). The zero-order valence-corrected chi connectivity index (χ0v) is 19.4. The number of hydrogen-bond acceptors (Lipinski definition) is 10. The van der Waals surface area contributed by atoms with Gasteiger partial charge in [-0.2, -0.15) is 4.98 Å². The van der Waals surface area contributed by atoms with Crippen LogP contribution in [-0.4, -0.2) is 65.6 Å². The number of pyridine rings is 1. The molecule has 10 nitrogen and oxygen atoms in total. The molecule has 5 heterocycles. The van der Waals surface area contributed by atoms with Crippen LogP contribution in [0.25, 0.3) is 11.4 Å². The Labute approximate surface area is 198 Å². The van der Waals surface area contributed by atoms with Gasteiger partial charge in [0.1, 0.15) is 5.69 Å². The Morgan fingerprint density at radius 2 is 1.97 bits per heavy atom. The van der Waals surface area contributed by atoms with E-state index in [1.165, 1.54) is 0 Å². The van der Waals surface area contributed by atoms with Crippen LogP contribution in [0.5, 0.6) is 0 Å². The van der Waals surface area contributed by atoms with Crippen molar-refractivity contribution in [2.24, 2.45) is 5.41 Å². The molecule has 2 fully saturated rings. The Hall–Kier alpha value is -3.05. The number of nitrogens with one attached hydrogen (secondary N) is 1. The second-order valence-corrected chi connectivity index (χ2v) is 10.7. The SMILES string of the molecule is N=C(c1nc(N2CCC(c3nc(-c4ccncc4)no3)CC2)nc2c1S(=O)CC2)C1(CO)CC1. The van der Waals surface area contributed by atoms with Gasteiger partial charge in [0.15, 0.2) is 0 Å². The molecule has 34 heavy (non-hydrogen) atoms. The van der Waals surface area contributed by atoms with E-state index in [0.29, 0.717) is 46.1 Å². The fourth-order valence-electron chi connectivity index (χ4n) is 4.73. The molecule has 1 saturated heterocycles. The summed E-state index contributed by atoms with van der Waals surface area (Å²) in [5, 5.41) is 22.7. The third kappa shape index (κ3) is 3.63. The summed E-state index contributed by atoms with van der Waals surface area (Å²) in [5.74, 6) is 2.45. The molecule has 11 heteroatoms. The number of aliphatic hydroxyl groups is 1. The molecule has 0 amide bonds. The number of aliphatic hydroxyl groups excluding tert-OH is 1. The number of hydrogen-bond donors (Lipinski definition) is 2. The first-order valence-electron chi connectivity index (χ1n) is 11.6. The smallest absolute Gasteiger partial charge is 0.230 e. The summed E-state index contributed by atoms with van der Waals surface area (Å²) in [4.78, 5) is 20.8. The lowest BCUT2D eigenvalue weighted by atomic mass is 9.96. The molecule has 3 aliphatic rings. The van der Waals surface area contributed by atoms with Gasteiger partial charge in [0.25, 0.3) is 0 Å². The maximum absolute atomic E-state index is 12.7. The average Bonchev–Trinajstić information content (AvgIpc) is 3.37. The summed E-state index contributed by atoms with van der Waals surface area (Å²) >= 11 is 0. The van der Waals surface area contributed by atoms with Crippen molar-refractivity contribution in [2.75, 3.05) is 30.3 Å². The molecule has 3 aromatic heterocycles. The number of aromatic nitrogens is 5. The van der Waals surface area contributed by atoms with E-state index in [1.54, 1.807) is 12.4 Å². The normalized spacial score (nSPS) is 21.4. The number of aryl methyl sites for hydroxylation is 1. The molecule has 0 radical (unpaired) electrons. The lowest BCUT2D eigenvalue weighted by molar-refractivity contribution is 0.251. The fourth-order valence-corrected chi connectivity index (χ4v) is 6.09. The quantitative estimate of drug-likeness (QED) is 0.508. The largest absolute Gasteiger partial charge is 0.395 e. The molecule has 2 aliphatic heterocycles. The van der Waals surface area contributed by atoms with Crippen LogP contribution >= 0.6 is 0 Å². The van der Waals surface area contributed by atoms with Crippen molar-refractivity contribution in [3.63, 3.8) is 0 Å². The third-order valence-corrected chi connectivity index (χ3v) is 8.57. The highest BCUT2D eigenvalue weighted by molar-refractivity contribution is 7.85. The van der Waals surface area contributed by atoms with Crippen molar-refractivity contribution in [1.82, 2.24) is 25.1 Å². The van der Waals surface area contributed by atoms with E-state index < -0.39 is 16.2 Å². The van der Waals surface area contributed by atoms with Gasteiger partial charge in [0, 0.05) is 54.6 Å². The maximum Gasteiger partial charge on any atom is 0.230 e. The highest BCUT2D eigenvalue weighted by Crippen LogP contribution is 2.48. The standard InChI is InChI=1S/C23H25N7O3S/c24-19(23(13-31)6-7-23)17-18-16(5-12-34(18)32)26-22(27-17)30-10-3-15(4-11-30)21-28-20(29-33-21)14-1-8-25-9-2-14/h1-2,8-9,15,24,31H,3-7,10-13H2. The molecule has 1 unspecified atom stereocenters. The highest BCUT2D eigenvalue weighted by Gasteiger charge is 2.49. The van der Waals surface area contributed by atoms with Crippen LogP contribution in [0.1, 0.15) is 48.9 Å². The topological polar surface area (TPSA) is 142 Å². The predicted octanol–water partition coefficient (Wildman–Crippen LogP) is 2.11. The lowest BCUT2D eigenvalue weighted by Gasteiger charge is -2.31. The number of nitrogens with zero attached hydrogens (tertiary/aromatic N) is 6. The van der Waals surface area contributed by atoms with E-state index in [4.69, 9.17) is 19.9 Å². The first kappa shape index (κ1) is 21.5. The van der Waals surface area contributed by atoms with Gasteiger partial charge in [0.05, 0.1) is 33.7 Å². The van der Waals surface area contributed by atoms with Gasteiger partial charge in [-0.05, 0) is 37.8 Å². The zero-order valence-electron chi connectivity index (χ0n) is 18.6. The minimum Gasteiger partial charge on any atom is -0.395 e. The number of rotatable bonds is 6. The van der Waals surface area contributed by atoms with Crippen LogP contribution in [-0.2, 0) is 17.2 Å². The molecule has 1 atom stereocenters. The molecule has 3 aromatic rings. The minimum absolute atomic E-state index is 0.0797. The summed E-state index contributed by atoms with van der Waals surface area (Å²) in [6.45, 7) is 1.36. The molecule has 0 aromatic carbocycles. The number of piperidine rings is 1. The summed E-state index contributed by atoms with van der Waals surface area (Å²) < 4.78 is 18.2. The van der Waals surface area contributed by atoms with Crippen molar-refractivity contribution in [2.45, 2.75) is 42.9 Å².